The summed E-state index contributed by atoms with van der Waals surface area (Å²) in [6.45, 7) is 6.32. The van der Waals surface area contributed by atoms with Crippen LogP contribution in [0.4, 0.5) is 23.8 Å². The largest absolute Gasteiger partial charge is 0.444 e. The number of pyridine rings is 1. The molecule has 0 spiro atoms. The molecule has 15 heteroatoms. The monoisotopic (exact) mass is 650 g/mol. The molecular formula is C29H30ClF3N6O4S. The van der Waals surface area contributed by atoms with E-state index >= 15 is 0 Å². The topological polar surface area (TPSA) is 119 Å². The number of nitrogens with one attached hydrogen (secondary N) is 1. The lowest BCUT2D eigenvalue weighted by atomic mass is 9.98. The van der Waals surface area contributed by atoms with Gasteiger partial charge in [0, 0.05) is 49.3 Å². The third-order valence-corrected chi connectivity index (χ3v) is 8.84. The normalized spacial score (nSPS) is 17.1. The van der Waals surface area contributed by atoms with Crippen molar-refractivity contribution < 1.29 is 31.1 Å². The molecule has 0 saturated carbocycles. The molecular weight excluding hydrogens is 621 g/mol. The zero-order valence-electron chi connectivity index (χ0n) is 24.3. The highest BCUT2D eigenvalue weighted by Crippen LogP contribution is 2.35. The molecule has 4 heterocycles. The summed E-state index contributed by atoms with van der Waals surface area (Å²) < 4.78 is 77.2. The van der Waals surface area contributed by atoms with Crippen LogP contribution in [-0.4, -0.2) is 69.0 Å². The van der Waals surface area contributed by atoms with Gasteiger partial charge in [-0.1, -0.05) is 29.3 Å². The minimum absolute atomic E-state index is 0.0181. The van der Waals surface area contributed by atoms with E-state index in [1.54, 1.807) is 32.9 Å². The Hall–Kier alpha value is -3.91. The number of aromatic nitrogens is 4. The van der Waals surface area contributed by atoms with E-state index in [1.165, 1.54) is 35.5 Å². The Balaban J connectivity index is 1.49. The van der Waals surface area contributed by atoms with Gasteiger partial charge in [-0.3, -0.25) is 0 Å². The van der Waals surface area contributed by atoms with Gasteiger partial charge >= 0.3 is 6.09 Å². The highest BCUT2D eigenvalue weighted by molar-refractivity contribution is 7.90. The number of carbonyl (C=O) groups is 1. The lowest BCUT2D eigenvalue weighted by Crippen LogP contribution is -2.53. The van der Waals surface area contributed by atoms with Gasteiger partial charge in [0.1, 0.15) is 5.60 Å². The van der Waals surface area contributed by atoms with Crippen LogP contribution in [0.5, 0.6) is 0 Å². The van der Waals surface area contributed by atoms with E-state index in [0.717, 1.165) is 15.7 Å². The summed E-state index contributed by atoms with van der Waals surface area (Å²) in [4.78, 5) is 26.5. The lowest BCUT2D eigenvalue weighted by molar-refractivity contribution is -0.0774. The third kappa shape index (κ3) is 6.60. The molecule has 0 bridgehead atoms. The predicted octanol–water partition coefficient (Wildman–Crippen LogP) is 6.28. The maximum absolute atomic E-state index is 14.9. The number of carbonyl (C=O) groups excluding carboxylic acids is 1. The molecule has 3 aromatic heterocycles. The quantitative estimate of drug-likeness (QED) is 0.259. The first-order valence-electron chi connectivity index (χ1n) is 13.7. The summed E-state index contributed by atoms with van der Waals surface area (Å²) in [5.74, 6) is -4.31. The Morgan fingerprint density at radius 2 is 1.89 bits per heavy atom. The number of ether oxygens (including phenoxy) is 1. The molecule has 1 unspecified atom stereocenters. The number of aryl methyl sites for hydroxylation is 1. The van der Waals surface area contributed by atoms with Crippen molar-refractivity contribution in [3.63, 3.8) is 0 Å². The Bertz CT molecular complexity index is 1830. The van der Waals surface area contributed by atoms with Crippen molar-refractivity contribution >= 4 is 44.6 Å². The Morgan fingerprint density at radius 1 is 1.18 bits per heavy atom. The number of fused-ring (bicyclic) bond motifs is 1. The summed E-state index contributed by atoms with van der Waals surface area (Å²) in [5.41, 5.74) is 0.267. The van der Waals surface area contributed by atoms with Crippen molar-refractivity contribution in [1.29, 1.82) is 0 Å². The van der Waals surface area contributed by atoms with Gasteiger partial charge in [-0.05, 0) is 45.9 Å². The van der Waals surface area contributed by atoms with Gasteiger partial charge in [-0.15, -0.1) is 0 Å². The van der Waals surface area contributed by atoms with E-state index in [0.29, 0.717) is 0 Å². The average Bonchev–Trinajstić information content (AvgIpc) is 3.31. The standard InChI is InChI=1S/C29H30ClF3N6O4S/c1-17-5-7-20(8-6-17)44(41,42)39-16-22(21-11-18(30)13-36-26(21)39)24-35-15-23(31)25(37-24)34-14-19-12-29(32,33)9-10-38(19)27(40)43-28(2,3)4/h5-8,11,13,15-16,19H,9-10,12,14H2,1-4H3,(H,34,35,37). The summed E-state index contributed by atoms with van der Waals surface area (Å²) in [6.07, 6.45) is 1.50. The first-order valence-corrected chi connectivity index (χ1v) is 15.5. The van der Waals surface area contributed by atoms with E-state index in [2.05, 4.69) is 20.3 Å². The molecule has 4 aromatic rings. The zero-order chi connectivity index (χ0) is 32.0. The highest BCUT2D eigenvalue weighted by atomic mass is 35.5. The van der Waals surface area contributed by atoms with Gasteiger partial charge in [-0.25, -0.2) is 45.3 Å². The molecule has 0 aliphatic carbocycles. The van der Waals surface area contributed by atoms with Gasteiger partial charge in [0.15, 0.2) is 23.1 Å². The molecule has 1 N–H and O–H groups in total. The van der Waals surface area contributed by atoms with Crippen LogP contribution in [0.15, 0.2) is 53.8 Å². The van der Waals surface area contributed by atoms with E-state index in [-0.39, 0.29) is 51.2 Å². The van der Waals surface area contributed by atoms with E-state index in [1.807, 2.05) is 6.92 Å². The number of amides is 1. The van der Waals surface area contributed by atoms with Crippen molar-refractivity contribution in [3.8, 4) is 11.4 Å². The predicted molar refractivity (Wildman–Crippen MR) is 159 cm³/mol. The minimum Gasteiger partial charge on any atom is -0.444 e. The fourth-order valence-electron chi connectivity index (χ4n) is 4.84. The van der Waals surface area contributed by atoms with Crippen LogP contribution in [0.25, 0.3) is 22.4 Å². The lowest BCUT2D eigenvalue weighted by Gasteiger charge is -2.39. The second-order valence-corrected chi connectivity index (χ2v) is 13.8. The van der Waals surface area contributed by atoms with Gasteiger partial charge in [0.2, 0.25) is 0 Å². The number of alkyl halides is 2. The van der Waals surface area contributed by atoms with Crippen LogP contribution in [-0.2, 0) is 14.8 Å². The zero-order valence-corrected chi connectivity index (χ0v) is 25.9. The fourth-order valence-corrected chi connectivity index (χ4v) is 6.32. The van der Waals surface area contributed by atoms with E-state index in [4.69, 9.17) is 16.3 Å². The van der Waals surface area contributed by atoms with Crippen LogP contribution < -0.4 is 5.32 Å². The third-order valence-electron chi connectivity index (χ3n) is 6.97. The van der Waals surface area contributed by atoms with Crippen LogP contribution in [0.3, 0.4) is 0 Å². The molecule has 0 radical (unpaired) electrons. The summed E-state index contributed by atoms with van der Waals surface area (Å²) >= 11 is 6.19. The molecule has 1 amide bonds. The number of likely N-dealkylation sites (tertiary alicyclic amines) is 1. The Labute approximate surface area is 257 Å². The van der Waals surface area contributed by atoms with Crippen molar-refractivity contribution in [2.45, 2.75) is 63.0 Å². The van der Waals surface area contributed by atoms with E-state index in [9.17, 15) is 26.4 Å². The fraction of sp³-hybridized carbons (Fsp3) is 0.379. The molecule has 1 saturated heterocycles. The van der Waals surface area contributed by atoms with Crippen LogP contribution >= 0.6 is 11.6 Å². The molecule has 234 valence electrons. The first-order chi connectivity index (χ1) is 20.5. The minimum atomic E-state index is -4.12. The molecule has 1 aliphatic rings. The number of benzene rings is 1. The van der Waals surface area contributed by atoms with Crippen molar-refractivity contribution in [2.24, 2.45) is 0 Å². The maximum Gasteiger partial charge on any atom is 0.410 e. The van der Waals surface area contributed by atoms with E-state index < -0.39 is 52.3 Å². The molecule has 1 aliphatic heterocycles. The molecule has 1 aromatic carbocycles. The molecule has 10 nitrogen and oxygen atoms in total. The number of hydrogen-bond acceptors (Lipinski definition) is 8. The summed E-state index contributed by atoms with van der Waals surface area (Å²) in [5, 5.41) is 3.23. The average molecular weight is 651 g/mol. The van der Waals surface area contributed by atoms with Crippen molar-refractivity contribution in [3.05, 3.63) is 65.3 Å². The van der Waals surface area contributed by atoms with Gasteiger partial charge in [0.25, 0.3) is 15.9 Å². The number of anilines is 1. The summed E-state index contributed by atoms with van der Waals surface area (Å²) in [6, 6.07) is 6.73. The highest BCUT2D eigenvalue weighted by Gasteiger charge is 2.43. The Morgan fingerprint density at radius 3 is 2.57 bits per heavy atom. The first kappa shape index (κ1) is 31.5. The van der Waals surface area contributed by atoms with Gasteiger partial charge in [-0.2, -0.15) is 0 Å². The van der Waals surface area contributed by atoms with Gasteiger partial charge < -0.3 is 15.0 Å². The summed E-state index contributed by atoms with van der Waals surface area (Å²) in [7, 11) is -4.12. The molecule has 5 rings (SSSR count). The molecule has 1 fully saturated rings. The number of nitrogens with zero attached hydrogens (tertiary/aromatic N) is 5. The Kier molecular flexibility index (Phi) is 8.27. The number of halogens is 4. The van der Waals surface area contributed by atoms with Crippen LogP contribution in [0, 0.1) is 12.7 Å². The smallest absolute Gasteiger partial charge is 0.410 e. The molecule has 1 atom stereocenters. The van der Waals surface area contributed by atoms with Crippen molar-refractivity contribution in [2.75, 3.05) is 18.4 Å². The maximum atomic E-state index is 14.9. The van der Waals surface area contributed by atoms with Gasteiger partial charge in [0.05, 0.1) is 22.2 Å². The molecule has 44 heavy (non-hydrogen) atoms. The second kappa shape index (κ2) is 11.5. The second-order valence-electron chi connectivity index (χ2n) is 11.6. The number of rotatable bonds is 6. The van der Waals surface area contributed by atoms with Crippen molar-refractivity contribution in [1.82, 2.24) is 23.8 Å². The SMILES string of the molecule is Cc1ccc(S(=O)(=O)n2cc(-c3ncc(F)c(NCC4CC(F)(F)CCN4C(=O)OC(C)(C)C)n3)c3cc(Cl)cnc32)cc1. The number of piperidine rings is 1. The number of hydrogen-bond donors (Lipinski definition) is 1. The van der Waals surface area contributed by atoms with Crippen LogP contribution in [0.2, 0.25) is 5.02 Å². The van der Waals surface area contributed by atoms with Crippen LogP contribution in [0.1, 0.15) is 39.2 Å².